The molecule has 0 aliphatic rings. The first-order valence-corrected chi connectivity index (χ1v) is 7.95. The number of aryl methyl sites for hydroxylation is 2. The van der Waals surface area contributed by atoms with Crippen LogP contribution in [0.25, 0.3) is 11.0 Å². The minimum absolute atomic E-state index is 0.481. The summed E-state index contributed by atoms with van der Waals surface area (Å²) in [6.07, 6.45) is 1.70. The Morgan fingerprint density at radius 1 is 0.957 bits per heavy atom. The average molecular weight is 315 g/mol. The molecule has 5 heteroatoms. The number of para-hydroxylation sites is 1. The van der Waals surface area contributed by atoms with E-state index in [-0.39, 0.29) is 0 Å². The summed E-state index contributed by atoms with van der Waals surface area (Å²) in [6, 6.07) is 9.71. The zero-order chi connectivity index (χ0) is 17.8. The van der Waals surface area contributed by atoms with Gasteiger partial charge < -0.3 is 16.5 Å². The first-order valence-electron chi connectivity index (χ1n) is 7.95. The van der Waals surface area contributed by atoms with E-state index in [1.807, 2.05) is 71.9 Å². The summed E-state index contributed by atoms with van der Waals surface area (Å²) in [5, 5.41) is 0. The number of aromatic nitrogens is 3. The molecule has 126 valence electrons. The van der Waals surface area contributed by atoms with E-state index in [0.29, 0.717) is 11.8 Å². The van der Waals surface area contributed by atoms with Crippen molar-refractivity contribution in [3.63, 3.8) is 0 Å². The van der Waals surface area contributed by atoms with E-state index in [1.165, 1.54) is 0 Å². The highest BCUT2D eigenvalue weighted by molar-refractivity contribution is 5.80. The molecule has 5 nitrogen and oxygen atoms in total. The Balaban J connectivity index is 0.000000358. The van der Waals surface area contributed by atoms with Crippen molar-refractivity contribution in [3.8, 4) is 0 Å². The maximum Gasteiger partial charge on any atom is 0.198 e. The van der Waals surface area contributed by atoms with Crippen LogP contribution < -0.4 is 11.5 Å². The molecule has 0 unspecified atom stereocenters. The fourth-order valence-corrected chi connectivity index (χ4v) is 1.75. The van der Waals surface area contributed by atoms with Crippen LogP contribution in [0.4, 0.5) is 11.8 Å². The van der Waals surface area contributed by atoms with Crippen molar-refractivity contribution in [2.45, 2.75) is 41.5 Å². The van der Waals surface area contributed by atoms with Gasteiger partial charge in [0.25, 0.3) is 0 Å². The van der Waals surface area contributed by atoms with Crippen molar-refractivity contribution in [3.05, 3.63) is 47.7 Å². The van der Waals surface area contributed by atoms with Crippen molar-refractivity contribution in [2.75, 3.05) is 11.5 Å². The lowest BCUT2D eigenvalue weighted by Gasteiger charge is -1.90. The molecule has 0 saturated heterocycles. The highest BCUT2D eigenvalue weighted by Gasteiger charge is 1.99. The van der Waals surface area contributed by atoms with Crippen LogP contribution in [-0.4, -0.2) is 15.0 Å². The lowest BCUT2D eigenvalue weighted by atomic mass is 10.2. The Morgan fingerprint density at radius 2 is 1.61 bits per heavy atom. The fraction of sp³-hybridized carbons (Fsp3) is 0.333. The van der Waals surface area contributed by atoms with E-state index in [0.717, 1.165) is 22.2 Å². The minimum atomic E-state index is 0.481. The van der Waals surface area contributed by atoms with E-state index in [4.69, 9.17) is 11.5 Å². The Kier molecular flexibility index (Phi) is 9.83. The van der Waals surface area contributed by atoms with Crippen LogP contribution >= 0.6 is 0 Å². The molecule has 0 bridgehead atoms. The second-order valence-corrected chi connectivity index (χ2v) is 4.35. The van der Waals surface area contributed by atoms with Crippen LogP contribution in [0.5, 0.6) is 0 Å². The molecule has 3 rings (SSSR count). The van der Waals surface area contributed by atoms with E-state index in [9.17, 15) is 0 Å². The van der Waals surface area contributed by atoms with Crippen LogP contribution in [0.15, 0.2) is 36.5 Å². The predicted molar refractivity (Wildman–Crippen MR) is 101 cm³/mol. The zero-order valence-corrected chi connectivity index (χ0v) is 15.0. The van der Waals surface area contributed by atoms with Gasteiger partial charge in [0.15, 0.2) is 5.95 Å². The number of nitrogens with zero attached hydrogens (tertiary/aromatic N) is 2. The summed E-state index contributed by atoms with van der Waals surface area (Å²) in [6.45, 7) is 12.0. The summed E-state index contributed by atoms with van der Waals surface area (Å²) in [5.74, 6) is 1.07. The topological polar surface area (TPSA) is 93.6 Å². The van der Waals surface area contributed by atoms with Crippen molar-refractivity contribution in [1.82, 2.24) is 15.0 Å². The third-order valence-corrected chi connectivity index (χ3v) is 2.67. The molecule has 2 aromatic heterocycles. The molecule has 0 atom stereocenters. The molecule has 5 N–H and O–H groups in total. The summed E-state index contributed by atoms with van der Waals surface area (Å²) < 4.78 is 0. The Morgan fingerprint density at radius 3 is 2.09 bits per heavy atom. The number of pyridine rings is 1. The first-order chi connectivity index (χ1) is 11.1. The molecule has 0 aliphatic heterocycles. The van der Waals surface area contributed by atoms with Gasteiger partial charge >= 0.3 is 0 Å². The highest BCUT2D eigenvalue weighted by atomic mass is 15.0. The normalized spacial score (nSPS) is 8.78. The molecule has 0 amide bonds. The van der Waals surface area contributed by atoms with Crippen LogP contribution in [0, 0.1) is 13.8 Å². The number of aromatic amines is 1. The lowest BCUT2D eigenvalue weighted by molar-refractivity contribution is 1.30. The molecular formula is C18H29N5. The molecular weight excluding hydrogens is 286 g/mol. The third kappa shape index (κ3) is 6.82. The van der Waals surface area contributed by atoms with E-state index in [1.54, 1.807) is 6.20 Å². The predicted octanol–water partition coefficient (Wildman–Crippen LogP) is 4.48. The number of fused-ring (bicyclic) bond motifs is 1. The molecule has 0 fully saturated rings. The lowest BCUT2D eigenvalue weighted by Crippen LogP contribution is -1.87. The Labute approximate surface area is 139 Å². The van der Waals surface area contributed by atoms with Crippen LogP contribution in [0.1, 0.15) is 38.8 Å². The van der Waals surface area contributed by atoms with Crippen molar-refractivity contribution in [2.24, 2.45) is 0 Å². The zero-order valence-electron chi connectivity index (χ0n) is 15.0. The van der Waals surface area contributed by atoms with Gasteiger partial charge in [-0.15, -0.1) is 0 Å². The molecule has 23 heavy (non-hydrogen) atoms. The second-order valence-electron chi connectivity index (χ2n) is 4.35. The number of H-pyrrole nitrogens is 1. The van der Waals surface area contributed by atoms with Crippen LogP contribution in [-0.2, 0) is 0 Å². The van der Waals surface area contributed by atoms with Gasteiger partial charge in [-0.1, -0.05) is 39.8 Å². The summed E-state index contributed by atoms with van der Waals surface area (Å²) in [4.78, 5) is 10.9. The number of benzene rings is 1. The molecule has 0 spiro atoms. The molecule has 0 saturated carbocycles. The standard InChI is InChI=1S/C8H9N3.C6H8N2.2C2H6/c1-5-3-2-4-6-7(5)11-8(9)10-6;1-5-2-3-8-6(7)4-5;2*1-2/h2-4H,1H3,(H3,9,10,11);2-4H,1H3,(H2,7,8);2*1-2H3. The van der Waals surface area contributed by atoms with Gasteiger partial charge in [-0.25, -0.2) is 9.97 Å². The van der Waals surface area contributed by atoms with Gasteiger partial charge in [0.1, 0.15) is 5.82 Å². The van der Waals surface area contributed by atoms with E-state index >= 15 is 0 Å². The third-order valence-electron chi connectivity index (χ3n) is 2.67. The average Bonchev–Trinajstić information content (AvgIpc) is 2.94. The summed E-state index contributed by atoms with van der Waals surface area (Å²) >= 11 is 0. The second kappa shape index (κ2) is 11.1. The van der Waals surface area contributed by atoms with Gasteiger partial charge in [-0.05, 0) is 43.2 Å². The highest BCUT2D eigenvalue weighted by Crippen LogP contribution is 2.15. The van der Waals surface area contributed by atoms with E-state index < -0.39 is 0 Å². The summed E-state index contributed by atoms with van der Waals surface area (Å²) in [5.41, 5.74) is 15.1. The van der Waals surface area contributed by atoms with Crippen molar-refractivity contribution in [1.29, 1.82) is 0 Å². The largest absolute Gasteiger partial charge is 0.384 e. The fourth-order valence-electron chi connectivity index (χ4n) is 1.75. The van der Waals surface area contributed by atoms with E-state index in [2.05, 4.69) is 15.0 Å². The number of nitrogens with two attached hydrogens (primary N) is 2. The quantitative estimate of drug-likeness (QED) is 0.570. The van der Waals surface area contributed by atoms with Crippen LogP contribution in [0.3, 0.4) is 0 Å². The maximum absolute atomic E-state index is 5.49. The van der Waals surface area contributed by atoms with Gasteiger partial charge in [-0.3, -0.25) is 0 Å². The first kappa shape index (κ1) is 20.4. The molecule has 2 heterocycles. The molecule has 0 radical (unpaired) electrons. The smallest absolute Gasteiger partial charge is 0.198 e. The molecule has 3 aromatic rings. The van der Waals surface area contributed by atoms with Crippen molar-refractivity contribution < 1.29 is 0 Å². The number of rotatable bonds is 0. The van der Waals surface area contributed by atoms with Gasteiger partial charge in [0, 0.05) is 6.20 Å². The SMILES string of the molecule is CC.CC.Cc1cccc2[nH]c(N)nc12.Cc1ccnc(N)c1. The minimum Gasteiger partial charge on any atom is -0.384 e. The number of nitrogens with one attached hydrogen (secondary N) is 1. The molecule has 0 aliphatic carbocycles. The van der Waals surface area contributed by atoms with Crippen LogP contribution in [0.2, 0.25) is 0 Å². The van der Waals surface area contributed by atoms with Gasteiger partial charge in [0.2, 0.25) is 0 Å². The van der Waals surface area contributed by atoms with Crippen molar-refractivity contribution >= 4 is 22.8 Å². The number of anilines is 2. The number of nitrogen functional groups attached to an aromatic ring is 2. The summed E-state index contributed by atoms with van der Waals surface area (Å²) in [7, 11) is 0. The monoisotopic (exact) mass is 315 g/mol. The Bertz CT molecular complexity index is 671. The number of hydrogen-bond donors (Lipinski definition) is 3. The number of hydrogen-bond acceptors (Lipinski definition) is 4. The Hall–Kier alpha value is -2.56. The maximum atomic E-state index is 5.49. The molecule has 1 aromatic carbocycles. The van der Waals surface area contributed by atoms with Gasteiger partial charge in [0.05, 0.1) is 11.0 Å². The number of imidazole rings is 1. The van der Waals surface area contributed by atoms with Gasteiger partial charge in [-0.2, -0.15) is 0 Å².